The number of ether oxygens (including phenoxy) is 4. The lowest BCUT2D eigenvalue weighted by Gasteiger charge is -2.49. The Hall–Kier alpha value is -0.460. The second-order valence-electron chi connectivity index (χ2n) is 6.70. The summed E-state index contributed by atoms with van der Waals surface area (Å²) in [6.07, 6.45) is 2.71. The summed E-state index contributed by atoms with van der Waals surface area (Å²) in [6.45, 7) is 10.2. The monoisotopic (exact) mass is 316 g/mol. The van der Waals surface area contributed by atoms with E-state index in [1.807, 2.05) is 13.0 Å². The maximum atomic E-state index is 10.4. The molecule has 5 nitrogen and oxygen atoms in total. The highest BCUT2D eigenvalue weighted by Crippen LogP contribution is 2.37. The molecule has 1 heterocycles. The molecule has 130 valence electrons. The van der Waals surface area contributed by atoms with Crippen molar-refractivity contribution in [3.63, 3.8) is 0 Å². The van der Waals surface area contributed by atoms with Crippen molar-refractivity contribution >= 4 is 0 Å². The first-order valence-corrected chi connectivity index (χ1v) is 7.95. The third-order valence-electron chi connectivity index (χ3n) is 4.46. The Labute approximate surface area is 134 Å². The van der Waals surface area contributed by atoms with Crippen LogP contribution in [-0.4, -0.2) is 49.7 Å². The minimum Gasteiger partial charge on any atom is -0.386 e. The van der Waals surface area contributed by atoms with Crippen LogP contribution in [0.25, 0.3) is 0 Å². The number of aliphatic hydroxyl groups excluding tert-OH is 1. The van der Waals surface area contributed by atoms with Crippen molar-refractivity contribution in [1.82, 2.24) is 0 Å². The van der Waals surface area contributed by atoms with E-state index in [0.29, 0.717) is 5.92 Å². The minimum absolute atomic E-state index is 0.248. The zero-order valence-electron chi connectivity index (χ0n) is 15.0. The van der Waals surface area contributed by atoms with Crippen LogP contribution >= 0.6 is 0 Å². The van der Waals surface area contributed by atoms with Crippen molar-refractivity contribution in [3.05, 3.63) is 11.6 Å². The van der Waals surface area contributed by atoms with Gasteiger partial charge in [-0.2, -0.15) is 0 Å². The normalized spacial score (nSPS) is 35.0. The van der Waals surface area contributed by atoms with Gasteiger partial charge in [0, 0.05) is 14.2 Å². The summed E-state index contributed by atoms with van der Waals surface area (Å²) in [5.74, 6) is -1.44. The largest absolute Gasteiger partial charge is 0.386 e. The second kappa shape index (κ2) is 7.88. The molecular formula is C17H32O5. The van der Waals surface area contributed by atoms with Crippen LogP contribution in [0.2, 0.25) is 0 Å². The Balaban J connectivity index is 2.72. The van der Waals surface area contributed by atoms with Gasteiger partial charge in [0.25, 0.3) is 0 Å². The van der Waals surface area contributed by atoms with Crippen LogP contribution in [0.4, 0.5) is 0 Å². The van der Waals surface area contributed by atoms with Crippen LogP contribution in [0.1, 0.15) is 47.5 Å². The number of hydrogen-bond acceptors (Lipinski definition) is 5. The Morgan fingerprint density at radius 2 is 1.86 bits per heavy atom. The zero-order valence-corrected chi connectivity index (χ0v) is 15.0. The Morgan fingerprint density at radius 1 is 1.27 bits per heavy atom. The molecule has 0 amide bonds. The molecule has 1 N–H and O–H groups in total. The van der Waals surface area contributed by atoms with E-state index in [0.717, 1.165) is 18.4 Å². The molecule has 0 aliphatic carbocycles. The van der Waals surface area contributed by atoms with Crippen LogP contribution in [0, 0.1) is 5.92 Å². The fourth-order valence-corrected chi connectivity index (χ4v) is 2.45. The maximum absolute atomic E-state index is 10.4. The van der Waals surface area contributed by atoms with Gasteiger partial charge in [0.2, 0.25) is 11.6 Å². The van der Waals surface area contributed by atoms with Crippen molar-refractivity contribution in [2.75, 3.05) is 20.8 Å². The Morgan fingerprint density at radius 3 is 2.36 bits per heavy atom. The highest BCUT2D eigenvalue weighted by atomic mass is 16.8. The standard InChI is InChI=1S/C17H32O5/c1-12(2)8-9-13(3)10-14(18)15-11-21-16(4,19-6)17(5,20-7)22-15/h10,12,14-15,18H,8-9,11H2,1-7H3/b13-10+/t14-,15+,16-,17-/m1/s1. The summed E-state index contributed by atoms with van der Waals surface area (Å²) in [5.41, 5.74) is 1.16. The van der Waals surface area contributed by atoms with Gasteiger partial charge >= 0.3 is 0 Å². The number of rotatable bonds is 7. The molecule has 1 rings (SSSR count). The van der Waals surface area contributed by atoms with Gasteiger partial charge < -0.3 is 24.1 Å². The number of hydrogen-bond donors (Lipinski definition) is 1. The van der Waals surface area contributed by atoms with E-state index in [1.54, 1.807) is 28.1 Å². The van der Waals surface area contributed by atoms with Crippen molar-refractivity contribution < 1.29 is 24.1 Å². The van der Waals surface area contributed by atoms with E-state index in [9.17, 15) is 5.11 Å². The van der Waals surface area contributed by atoms with Crippen molar-refractivity contribution in [2.24, 2.45) is 5.92 Å². The van der Waals surface area contributed by atoms with Gasteiger partial charge in [-0.3, -0.25) is 0 Å². The van der Waals surface area contributed by atoms with E-state index in [4.69, 9.17) is 18.9 Å². The molecule has 0 spiro atoms. The van der Waals surface area contributed by atoms with Gasteiger partial charge in [0.15, 0.2) is 0 Å². The molecule has 0 unspecified atom stereocenters. The molecule has 1 aliphatic heterocycles. The average Bonchev–Trinajstić information content (AvgIpc) is 2.47. The quantitative estimate of drug-likeness (QED) is 0.732. The molecular weight excluding hydrogens is 284 g/mol. The Kier molecular flexibility index (Phi) is 7.02. The third kappa shape index (κ3) is 4.52. The predicted molar refractivity (Wildman–Crippen MR) is 85.5 cm³/mol. The predicted octanol–water partition coefficient (Wildman–Crippen LogP) is 2.87. The van der Waals surface area contributed by atoms with Crippen LogP contribution in [-0.2, 0) is 18.9 Å². The van der Waals surface area contributed by atoms with Crippen molar-refractivity contribution in [1.29, 1.82) is 0 Å². The molecule has 22 heavy (non-hydrogen) atoms. The first kappa shape index (κ1) is 19.6. The molecule has 4 atom stereocenters. The molecule has 1 aliphatic rings. The molecule has 0 aromatic carbocycles. The van der Waals surface area contributed by atoms with Crippen LogP contribution in [0.15, 0.2) is 11.6 Å². The zero-order chi connectivity index (χ0) is 17.0. The SMILES string of the molecule is CO[C@]1(C)OC[C@@H]([C@H](O)/C=C(\C)CCC(C)C)O[C@@]1(C)OC. The fourth-order valence-electron chi connectivity index (χ4n) is 2.45. The van der Waals surface area contributed by atoms with Crippen molar-refractivity contribution in [2.45, 2.75) is 71.2 Å². The summed E-state index contributed by atoms with van der Waals surface area (Å²) in [4.78, 5) is 0. The minimum atomic E-state index is -1.08. The molecule has 0 bridgehead atoms. The van der Waals surface area contributed by atoms with E-state index < -0.39 is 23.8 Å². The van der Waals surface area contributed by atoms with Gasteiger partial charge in [-0.05, 0) is 39.5 Å². The van der Waals surface area contributed by atoms with Gasteiger partial charge in [0.1, 0.15) is 12.2 Å². The van der Waals surface area contributed by atoms with Gasteiger partial charge in [0.05, 0.1) is 6.61 Å². The van der Waals surface area contributed by atoms with Crippen LogP contribution < -0.4 is 0 Å². The summed E-state index contributed by atoms with van der Waals surface area (Å²) >= 11 is 0. The number of methoxy groups -OCH3 is 2. The molecule has 0 radical (unpaired) electrons. The smallest absolute Gasteiger partial charge is 0.220 e. The molecule has 1 saturated heterocycles. The topological polar surface area (TPSA) is 57.2 Å². The van der Waals surface area contributed by atoms with Crippen LogP contribution in [0.5, 0.6) is 0 Å². The van der Waals surface area contributed by atoms with E-state index >= 15 is 0 Å². The molecule has 0 aromatic rings. The first-order valence-electron chi connectivity index (χ1n) is 7.95. The molecule has 0 saturated carbocycles. The molecule has 0 aromatic heterocycles. The lowest BCUT2D eigenvalue weighted by molar-refractivity contribution is -0.435. The van der Waals surface area contributed by atoms with Crippen LogP contribution in [0.3, 0.4) is 0 Å². The maximum Gasteiger partial charge on any atom is 0.220 e. The average molecular weight is 316 g/mol. The van der Waals surface area contributed by atoms with Crippen molar-refractivity contribution in [3.8, 4) is 0 Å². The number of allylic oxidation sites excluding steroid dienone is 1. The van der Waals surface area contributed by atoms with Gasteiger partial charge in [-0.25, -0.2) is 0 Å². The van der Waals surface area contributed by atoms with E-state index in [-0.39, 0.29) is 6.61 Å². The Bertz CT molecular complexity index is 381. The highest BCUT2D eigenvalue weighted by molar-refractivity contribution is 5.05. The lowest BCUT2D eigenvalue weighted by atomic mass is 10.0. The summed E-state index contributed by atoms with van der Waals surface area (Å²) in [5, 5.41) is 10.4. The fraction of sp³-hybridized carbons (Fsp3) is 0.882. The first-order chi connectivity index (χ1) is 10.2. The summed E-state index contributed by atoms with van der Waals surface area (Å²) < 4.78 is 22.6. The summed E-state index contributed by atoms with van der Waals surface area (Å²) in [6, 6.07) is 0. The van der Waals surface area contributed by atoms with Gasteiger partial charge in [-0.15, -0.1) is 0 Å². The highest BCUT2D eigenvalue weighted by Gasteiger charge is 2.54. The lowest BCUT2D eigenvalue weighted by Crippen LogP contribution is -2.63. The third-order valence-corrected chi connectivity index (χ3v) is 4.46. The van der Waals surface area contributed by atoms with E-state index in [2.05, 4.69) is 13.8 Å². The summed E-state index contributed by atoms with van der Waals surface area (Å²) in [7, 11) is 3.09. The molecule has 1 fully saturated rings. The molecule has 5 heteroatoms. The second-order valence-corrected chi connectivity index (χ2v) is 6.70. The number of aliphatic hydroxyl groups is 1. The van der Waals surface area contributed by atoms with Gasteiger partial charge in [-0.1, -0.05) is 25.5 Å². The van der Waals surface area contributed by atoms with E-state index in [1.165, 1.54) is 0 Å².